The van der Waals surface area contributed by atoms with Crippen molar-refractivity contribution in [1.29, 1.82) is 0 Å². The highest BCUT2D eigenvalue weighted by molar-refractivity contribution is 5.93. The standard InChI is InChI=1S/C30H42N4/c1-20-12-17-26(22(3)21(20)2)30(4,5)31-19-23-13-15-24(16-14-23)32-29-18-28(34(6)7)25-10-8-9-11-27(25)33-29/h8-12,17-18,23-24,31H,13-16,19H2,1-7H3,(H,32,33)/t23-,24+. The van der Waals surface area contributed by atoms with Crippen molar-refractivity contribution >= 4 is 22.4 Å². The molecule has 4 rings (SSSR count). The lowest BCUT2D eigenvalue weighted by Crippen LogP contribution is -2.41. The van der Waals surface area contributed by atoms with E-state index in [-0.39, 0.29) is 5.54 Å². The van der Waals surface area contributed by atoms with E-state index in [9.17, 15) is 0 Å². The van der Waals surface area contributed by atoms with Crippen molar-refractivity contribution in [2.24, 2.45) is 5.92 Å². The minimum atomic E-state index is -0.0186. The predicted molar refractivity (Wildman–Crippen MR) is 147 cm³/mol. The SMILES string of the molecule is Cc1ccc(C(C)(C)NC[C@H]2CC[C@@H](Nc3cc(N(C)C)c4ccccc4n3)CC2)c(C)c1C. The van der Waals surface area contributed by atoms with Crippen LogP contribution in [0.5, 0.6) is 0 Å². The van der Waals surface area contributed by atoms with Gasteiger partial charge in [0.25, 0.3) is 0 Å². The molecule has 4 nitrogen and oxygen atoms in total. The summed E-state index contributed by atoms with van der Waals surface area (Å²) in [6.07, 6.45) is 4.89. The molecule has 1 aliphatic rings. The number of nitrogens with zero attached hydrogens (tertiary/aromatic N) is 2. The fourth-order valence-corrected chi connectivity index (χ4v) is 5.45. The smallest absolute Gasteiger partial charge is 0.128 e. The van der Waals surface area contributed by atoms with Crippen molar-refractivity contribution in [3.63, 3.8) is 0 Å². The normalized spacial score (nSPS) is 18.8. The second kappa shape index (κ2) is 9.95. The van der Waals surface area contributed by atoms with Crippen LogP contribution in [0.15, 0.2) is 42.5 Å². The molecule has 3 aromatic rings. The molecule has 182 valence electrons. The molecule has 1 aliphatic carbocycles. The Morgan fingerprint density at radius 2 is 1.65 bits per heavy atom. The molecule has 1 heterocycles. The van der Waals surface area contributed by atoms with E-state index in [4.69, 9.17) is 4.98 Å². The van der Waals surface area contributed by atoms with Gasteiger partial charge in [-0.15, -0.1) is 0 Å². The first-order chi connectivity index (χ1) is 16.2. The quantitative estimate of drug-likeness (QED) is 0.412. The van der Waals surface area contributed by atoms with Gasteiger partial charge in [-0.3, -0.25) is 0 Å². The summed E-state index contributed by atoms with van der Waals surface area (Å²) in [5.41, 5.74) is 7.89. The lowest BCUT2D eigenvalue weighted by Gasteiger charge is -2.34. The molecule has 0 aliphatic heterocycles. The van der Waals surface area contributed by atoms with Crippen LogP contribution >= 0.6 is 0 Å². The molecule has 0 saturated heterocycles. The lowest BCUT2D eigenvalue weighted by molar-refractivity contribution is 0.285. The van der Waals surface area contributed by atoms with E-state index in [1.807, 2.05) is 0 Å². The Morgan fingerprint density at radius 3 is 2.35 bits per heavy atom. The van der Waals surface area contributed by atoms with Crippen molar-refractivity contribution in [3.8, 4) is 0 Å². The molecule has 2 aromatic carbocycles. The number of fused-ring (bicyclic) bond motifs is 1. The van der Waals surface area contributed by atoms with Crippen molar-refractivity contribution in [3.05, 3.63) is 64.7 Å². The third-order valence-corrected chi connectivity index (χ3v) is 7.94. The zero-order valence-corrected chi connectivity index (χ0v) is 22.1. The fourth-order valence-electron chi connectivity index (χ4n) is 5.45. The number of aryl methyl sites for hydroxylation is 1. The molecule has 0 radical (unpaired) electrons. The minimum absolute atomic E-state index is 0.0186. The molecule has 0 unspecified atom stereocenters. The van der Waals surface area contributed by atoms with Crippen LogP contribution in [0.1, 0.15) is 61.8 Å². The fraction of sp³-hybridized carbons (Fsp3) is 0.500. The number of nitrogens with one attached hydrogen (secondary N) is 2. The molecule has 1 fully saturated rings. The number of para-hydroxylation sites is 1. The third kappa shape index (κ3) is 5.22. The maximum absolute atomic E-state index is 4.90. The summed E-state index contributed by atoms with van der Waals surface area (Å²) in [5, 5.41) is 8.85. The molecule has 0 atom stereocenters. The third-order valence-electron chi connectivity index (χ3n) is 7.94. The minimum Gasteiger partial charge on any atom is -0.377 e. The Hall–Kier alpha value is -2.59. The molecule has 0 amide bonds. The van der Waals surface area contributed by atoms with Gasteiger partial charge in [0.2, 0.25) is 0 Å². The molecule has 2 N–H and O–H groups in total. The summed E-state index contributed by atoms with van der Waals surface area (Å²) in [7, 11) is 4.20. The van der Waals surface area contributed by atoms with Gasteiger partial charge in [0, 0.05) is 42.8 Å². The van der Waals surface area contributed by atoms with Gasteiger partial charge in [0.05, 0.1) is 5.52 Å². The summed E-state index contributed by atoms with van der Waals surface area (Å²) in [6.45, 7) is 12.4. The predicted octanol–water partition coefficient (Wildman–Crippen LogP) is 6.72. The van der Waals surface area contributed by atoms with E-state index >= 15 is 0 Å². The number of aromatic nitrogens is 1. The van der Waals surface area contributed by atoms with Gasteiger partial charge in [-0.1, -0.05) is 30.3 Å². The van der Waals surface area contributed by atoms with Crippen molar-refractivity contribution < 1.29 is 0 Å². The number of pyridine rings is 1. The summed E-state index contributed by atoms with van der Waals surface area (Å²) >= 11 is 0. The topological polar surface area (TPSA) is 40.2 Å². The van der Waals surface area contributed by atoms with E-state index < -0.39 is 0 Å². The molecule has 1 saturated carbocycles. The van der Waals surface area contributed by atoms with Crippen LogP contribution in [-0.2, 0) is 5.54 Å². The first-order valence-electron chi connectivity index (χ1n) is 12.8. The number of benzene rings is 2. The largest absolute Gasteiger partial charge is 0.377 e. The van der Waals surface area contributed by atoms with Gasteiger partial charge in [-0.2, -0.15) is 0 Å². The van der Waals surface area contributed by atoms with Crippen LogP contribution in [0.4, 0.5) is 11.5 Å². The Morgan fingerprint density at radius 1 is 0.941 bits per heavy atom. The highest BCUT2D eigenvalue weighted by Gasteiger charge is 2.27. The number of hydrogen-bond acceptors (Lipinski definition) is 4. The van der Waals surface area contributed by atoms with Gasteiger partial charge in [0.1, 0.15) is 5.82 Å². The Kier molecular flexibility index (Phi) is 7.18. The van der Waals surface area contributed by atoms with Gasteiger partial charge in [-0.05, 0) is 101 Å². The highest BCUT2D eigenvalue weighted by atomic mass is 15.1. The molecular weight excluding hydrogens is 416 g/mol. The van der Waals surface area contributed by atoms with Crippen LogP contribution in [0.25, 0.3) is 10.9 Å². The number of hydrogen-bond donors (Lipinski definition) is 2. The molecule has 0 spiro atoms. The van der Waals surface area contributed by atoms with Crippen LogP contribution in [0, 0.1) is 26.7 Å². The highest BCUT2D eigenvalue weighted by Crippen LogP contribution is 2.32. The Bertz CT molecular complexity index is 1140. The molecular formula is C30H42N4. The van der Waals surface area contributed by atoms with E-state index in [1.165, 1.54) is 59.0 Å². The number of anilines is 2. The maximum Gasteiger partial charge on any atom is 0.128 e. The average Bonchev–Trinajstić information content (AvgIpc) is 2.81. The van der Waals surface area contributed by atoms with Crippen molar-refractivity contribution in [2.75, 3.05) is 30.9 Å². The molecule has 4 heteroatoms. The monoisotopic (exact) mass is 458 g/mol. The van der Waals surface area contributed by atoms with Gasteiger partial charge >= 0.3 is 0 Å². The average molecular weight is 459 g/mol. The van der Waals surface area contributed by atoms with Crippen LogP contribution < -0.4 is 15.5 Å². The van der Waals surface area contributed by atoms with Crippen molar-refractivity contribution in [2.45, 2.75) is 71.9 Å². The second-order valence-electron chi connectivity index (χ2n) is 11.0. The molecule has 34 heavy (non-hydrogen) atoms. The van der Waals surface area contributed by atoms with Crippen LogP contribution in [-0.4, -0.2) is 31.7 Å². The lowest BCUT2D eigenvalue weighted by atomic mass is 9.83. The van der Waals surface area contributed by atoms with Crippen LogP contribution in [0.3, 0.4) is 0 Å². The molecule has 1 aromatic heterocycles. The first-order valence-corrected chi connectivity index (χ1v) is 12.8. The number of rotatable bonds is 7. The van der Waals surface area contributed by atoms with E-state index in [0.29, 0.717) is 6.04 Å². The first kappa shape index (κ1) is 24.5. The van der Waals surface area contributed by atoms with Crippen LogP contribution in [0.2, 0.25) is 0 Å². The summed E-state index contributed by atoms with van der Waals surface area (Å²) in [4.78, 5) is 7.08. The maximum atomic E-state index is 4.90. The summed E-state index contributed by atoms with van der Waals surface area (Å²) < 4.78 is 0. The van der Waals surface area contributed by atoms with Gasteiger partial charge in [0.15, 0.2) is 0 Å². The van der Waals surface area contributed by atoms with E-state index in [1.54, 1.807) is 0 Å². The summed E-state index contributed by atoms with van der Waals surface area (Å²) in [6, 6.07) is 15.7. The Balaban J connectivity index is 1.35. The zero-order chi connectivity index (χ0) is 24.5. The molecule has 0 bridgehead atoms. The van der Waals surface area contributed by atoms with E-state index in [2.05, 4.69) is 107 Å². The Labute approximate surface area is 206 Å². The van der Waals surface area contributed by atoms with Crippen molar-refractivity contribution in [1.82, 2.24) is 10.3 Å². The van der Waals surface area contributed by atoms with Gasteiger partial charge < -0.3 is 15.5 Å². The van der Waals surface area contributed by atoms with Gasteiger partial charge in [-0.25, -0.2) is 4.98 Å². The zero-order valence-electron chi connectivity index (χ0n) is 22.1. The van der Waals surface area contributed by atoms with E-state index in [0.717, 1.165) is 23.8 Å². The second-order valence-corrected chi connectivity index (χ2v) is 11.0. The summed E-state index contributed by atoms with van der Waals surface area (Å²) in [5.74, 6) is 1.72.